The number of anilines is 2. The van der Waals surface area contributed by atoms with E-state index in [1.807, 2.05) is 0 Å². The summed E-state index contributed by atoms with van der Waals surface area (Å²) >= 11 is 0. The summed E-state index contributed by atoms with van der Waals surface area (Å²) < 4.78 is 44.6. The van der Waals surface area contributed by atoms with Crippen LogP contribution >= 0.6 is 0 Å². The number of hydrogen-bond donors (Lipinski definition) is 2. The van der Waals surface area contributed by atoms with Gasteiger partial charge in [0.1, 0.15) is 5.75 Å². The van der Waals surface area contributed by atoms with Crippen LogP contribution in [0.15, 0.2) is 48.5 Å². The van der Waals surface area contributed by atoms with Crippen LogP contribution in [-0.4, -0.2) is 28.0 Å². The standard InChI is InChI=1S/C17H14F3N5O2/c1-27-13-7-3-5-11(9-13)22-16(26)14-15(21)25(24-23-14)12-6-2-4-10(8-12)17(18,19)20/h2-9H,21H2,1H3,(H,22,26). The maximum atomic E-state index is 12.9. The second-order valence-electron chi connectivity index (χ2n) is 5.47. The van der Waals surface area contributed by atoms with Gasteiger partial charge in [0.05, 0.1) is 18.4 Å². The van der Waals surface area contributed by atoms with Crippen molar-refractivity contribution in [2.45, 2.75) is 6.18 Å². The van der Waals surface area contributed by atoms with Crippen LogP contribution in [0, 0.1) is 0 Å². The lowest BCUT2D eigenvalue weighted by atomic mass is 10.2. The third-order valence-corrected chi connectivity index (χ3v) is 3.67. The van der Waals surface area contributed by atoms with Gasteiger partial charge in [0.25, 0.3) is 5.91 Å². The number of benzene rings is 2. The number of nitrogens with two attached hydrogens (primary N) is 1. The molecule has 10 heteroatoms. The molecule has 0 atom stereocenters. The average Bonchev–Trinajstić information content (AvgIpc) is 3.03. The molecule has 0 saturated heterocycles. The molecule has 3 N–H and O–H groups in total. The summed E-state index contributed by atoms with van der Waals surface area (Å²) in [6.07, 6.45) is -4.52. The smallest absolute Gasteiger partial charge is 0.416 e. The minimum absolute atomic E-state index is 0.0373. The maximum Gasteiger partial charge on any atom is 0.416 e. The van der Waals surface area contributed by atoms with Gasteiger partial charge in [-0.3, -0.25) is 4.79 Å². The molecule has 1 amide bonds. The summed E-state index contributed by atoms with van der Waals surface area (Å²) in [7, 11) is 1.49. The Morgan fingerprint density at radius 3 is 2.63 bits per heavy atom. The van der Waals surface area contributed by atoms with Gasteiger partial charge in [0.2, 0.25) is 0 Å². The maximum absolute atomic E-state index is 12.9. The van der Waals surface area contributed by atoms with Crippen LogP contribution in [0.25, 0.3) is 5.69 Å². The van der Waals surface area contributed by atoms with E-state index < -0.39 is 17.6 Å². The Bertz CT molecular complexity index is 985. The average molecular weight is 377 g/mol. The van der Waals surface area contributed by atoms with E-state index in [1.165, 1.54) is 19.2 Å². The van der Waals surface area contributed by atoms with Crippen molar-refractivity contribution in [1.29, 1.82) is 0 Å². The Hall–Kier alpha value is -3.56. The van der Waals surface area contributed by atoms with Gasteiger partial charge in [-0.15, -0.1) is 5.10 Å². The number of nitrogens with one attached hydrogen (secondary N) is 1. The van der Waals surface area contributed by atoms with Crippen LogP contribution in [0.5, 0.6) is 5.75 Å². The summed E-state index contributed by atoms with van der Waals surface area (Å²) in [6.45, 7) is 0. The molecule has 1 heterocycles. The van der Waals surface area contributed by atoms with Gasteiger partial charge in [-0.1, -0.05) is 17.3 Å². The first kappa shape index (κ1) is 18.2. The highest BCUT2D eigenvalue weighted by atomic mass is 19.4. The normalized spacial score (nSPS) is 11.3. The van der Waals surface area contributed by atoms with Gasteiger partial charge in [-0.05, 0) is 30.3 Å². The minimum atomic E-state index is -4.52. The molecule has 0 fully saturated rings. The molecule has 0 unspecified atom stereocenters. The van der Waals surface area contributed by atoms with Crippen molar-refractivity contribution in [2.24, 2.45) is 0 Å². The number of hydrogen-bond acceptors (Lipinski definition) is 5. The highest BCUT2D eigenvalue weighted by Crippen LogP contribution is 2.30. The highest BCUT2D eigenvalue weighted by Gasteiger charge is 2.31. The predicted molar refractivity (Wildman–Crippen MR) is 91.7 cm³/mol. The van der Waals surface area contributed by atoms with Gasteiger partial charge in [0, 0.05) is 11.8 Å². The molecule has 0 radical (unpaired) electrons. The summed E-state index contributed by atoms with van der Waals surface area (Å²) in [5.74, 6) is -0.304. The topological polar surface area (TPSA) is 95.1 Å². The Morgan fingerprint density at radius 2 is 1.93 bits per heavy atom. The lowest BCUT2D eigenvalue weighted by Gasteiger charge is -2.09. The van der Waals surface area contributed by atoms with E-state index in [9.17, 15) is 18.0 Å². The molecular formula is C17H14F3N5O2. The fraction of sp³-hybridized carbons (Fsp3) is 0.118. The van der Waals surface area contributed by atoms with E-state index in [4.69, 9.17) is 10.5 Å². The number of carbonyl (C=O) groups is 1. The molecule has 27 heavy (non-hydrogen) atoms. The van der Waals surface area contributed by atoms with Crippen molar-refractivity contribution in [3.63, 3.8) is 0 Å². The number of nitrogens with zero attached hydrogens (tertiary/aromatic N) is 3. The zero-order valence-corrected chi connectivity index (χ0v) is 14.0. The lowest BCUT2D eigenvalue weighted by molar-refractivity contribution is -0.137. The molecule has 0 bridgehead atoms. The van der Waals surface area contributed by atoms with Crippen LogP contribution in [0.3, 0.4) is 0 Å². The van der Waals surface area contributed by atoms with Crippen molar-refractivity contribution >= 4 is 17.4 Å². The van der Waals surface area contributed by atoms with Gasteiger partial charge < -0.3 is 15.8 Å². The fourth-order valence-corrected chi connectivity index (χ4v) is 2.35. The molecule has 140 valence electrons. The molecule has 3 aromatic rings. The molecule has 3 rings (SSSR count). The van der Waals surface area contributed by atoms with Crippen molar-refractivity contribution in [2.75, 3.05) is 18.2 Å². The number of rotatable bonds is 4. The van der Waals surface area contributed by atoms with Gasteiger partial charge in [-0.25, -0.2) is 0 Å². The molecule has 0 saturated carbocycles. The Balaban J connectivity index is 1.88. The number of alkyl halides is 3. The third kappa shape index (κ3) is 3.84. The molecule has 7 nitrogen and oxygen atoms in total. The zero-order valence-electron chi connectivity index (χ0n) is 14.0. The third-order valence-electron chi connectivity index (χ3n) is 3.67. The van der Waals surface area contributed by atoms with E-state index >= 15 is 0 Å². The number of amides is 1. The minimum Gasteiger partial charge on any atom is -0.497 e. The first-order valence-corrected chi connectivity index (χ1v) is 7.64. The largest absolute Gasteiger partial charge is 0.497 e. The highest BCUT2D eigenvalue weighted by molar-refractivity contribution is 6.05. The number of halogens is 3. The van der Waals surface area contributed by atoms with Gasteiger partial charge in [-0.2, -0.15) is 17.9 Å². The molecule has 0 aliphatic carbocycles. The second-order valence-corrected chi connectivity index (χ2v) is 5.47. The Kier molecular flexibility index (Phi) is 4.72. The van der Waals surface area contributed by atoms with Crippen LogP contribution in [0.1, 0.15) is 16.1 Å². The number of aromatic nitrogens is 3. The van der Waals surface area contributed by atoms with Gasteiger partial charge in [0.15, 0.2) is 11.5 Å². The molecule has 2 aromatic carbocycles. The summed E-state index contributed by atoms with van der Waals surface area (Å²) in [4.78, 5) is 12.4. The molecule has 0 spiro atoms. The summed E-state index contributed by atoms with van der Waals surface area (Å²) in [6, 6.07) is 11.0. The number of ether oxygens (including phenoxy) is 1. The molecule has 0 aliphatic heterocycles. The first-order chi connectivity index (χ1) is 12.8. The van der Waals surface area contributed by atoms with Crippen LogP contribution in [0.4, 0.5) is 24.7 Å². The van der Waals surface area contributed by atoms with Crippen LogP contribution < -0.4 is 15.8 Å². The van der Waals surface area contributed by atoms with Crippen LogP contribution in [0.2, 0.25) is 0 Å². The number of methoxy groups -OCH3 is 1. The van der Waals surface area contributed by atoms with Crippen LogP contribution in [-0.2, 0) is 6.18 Å². The van der Waals surface area contributed by atoms with Crippen molar-refractivity contribution in [3.8, 4) is 11.4 Å². The Labute approximate surface area is 151 Å². The van der Waals surface area contributed by atoms with E-state index in [0.29, 0.717) is 11.4 Å². The van der Waals surface area contributed by atoms with Gasteiger partial charge >= 0.3 is 6.18 Å². The number of carbonyl (C=O) groups excluding carboxylic acids is 1. The zero-order chi connectivity index (χ0) is 19.6. The Morgan fingerprint density at radius 1 is 1.19 bits per heavy atom. The predicted octanol–water partition coefficient (Wildman–Crippen LogP) is 3.13. The number of nitrogen functional groups attached to an aromatic ring is 1. The van der Waals surface area contributed by atoms with Crippen molar-refractivity contribution < 1.29 is 22.7 Å². The molecular weight excluding hydrogens is 363 g/mol. The van der Waals surface area contributed by atoms with Crippen molar-refractivity contribution in [1.82, 2.24) is 15.0 Å². The van der Waals surface area contributed by atoms with Crippen molar-refractivity contribution in [3.05, 3.63) is 59.8 Å². The second kappa shape index (κ2) is 6.98. The monoisotopic (exact) mass is 377 g/mol. The summed E-state index contributed by atoms with van der Waals surface area (Å²) in [5.41, 5.74) is 5.27. The fourth-order valence-electron chi connectivity index (χ4n) is 2.35. The molecule has 0 aliphatic rings. The quantitative estimate of drug-likeness (QED) is 0.728. The van der Waals surface area contributed by atoms with E-state index in [1.54, 1.807) is 24.3 Å². The summed E-state index contributed by atoms with van der Waals surface area (Å²) in [5, 5.41) is 9.96. The first-order valence-electron chi connectivity index (χ1n) is 7.64. The van der Waals surface area contributed by atoms with E-state index in [0.717, 1.165) is 16.8 Å². The van der Waals surface area contributed by atoms with E-state index in [-0.39, 0.29) is 17.2 Å². The lowest BCUT2D eigenvalue weighted by Crippen LogP contribution is -2.15. The SMILES string of the molecule is COc1cccc(NC(=O)c2nnn(-c3cccc(C(F)(F)F)c3)c2N)c1. The van der Waals surface area contributed by atoms with E-state index in [2.05, 4.69) is 15.6 Å². The molecule has 1 aromatic heterocycles.